The van der Waals surface area contributed by atoms with E-state index >= 15 is 0 Å². The maximum absolute atomic E-state index is 13.1. The zero-order valence-electron chi connectivity index (χ0n) is 18.6. The molecule has 2 rings (SSSR count). The molecular formula is C24H34N2O2. The predicted molar refractivity (Wildman–Crippen MR) is 115 cm³/mol. The molecule has 0 unspecified atom stereocenters. The van der Waals surface area contributed by atoms with Crippen molar-refractivity contribution in [2.45, 2.75) is 74.0 Å². The van der Waals surface area contributed by atoms with Crippen LogP contribution in [-0.4, -0.2) is 16.6 Å². The molecule has 0 atom stereocenters. The van der Waals surface area contributed by atoms with Gasteiger partial charge in [-0.2, -0.15) is 0 Å². The van der Waals surface area contributed by atoms with Gasteiger partial charge in [0, 0.05) is 17.8 Å². The zero-order chi connectivity index (χ0) is 21.3. The van der Waals surface area contributed by atoms with E-state index in [0.29, 0.717) is 17.8 Å². The average Bonchev–Trinajstić information content (AvgIpc) is 2.51. The number of esters is 1. The van der Waals surface area contributed by atoms with E-state index < -0.39 is 5.60 Å². The highest BCUT2D eigenvalue weighted by Gasteiger charge is 2.28. The fourth-order valence-corrected chi connectivity index (χ4v) is 3.29. The Labute approximate surface area is 169 Å². The topological polar surface area (TPSA) is 65.2 Å². The number of nitrogens with zero attached hydrogens (tertiary/aromatic N) is 1. The first-order valence-electron chi connectivity index (χ1n) is 9.85. The number of benzene rings is 1. The molecule has 2 N–H and O–H groups in total. The Morgan fingerprint density at radius 3 is 2.07 bits per heavy atom. The highest BCUT2D eigenvalue weighted by molar-refractivity contribution is 5.99. The fraction of sp³-hybridized carbons (Fsp3) is 0.500. The van der Waals surface area contributed by atoms with E-state index in [1.165, 1.54) is 0 Å². The van der Waals surface area contributed by atoms with Crippen molar-refractivity contribution in [2.75, 3.05) is 0 Å². The van der Waals surface area contributed by atoms with Crippen LogP contribution >= 0.6 is 0 Å². The van der Waals surface area contributed by atoms with E-state index in [0.717, 1.165) is 34.4 Å². The normalized spacial score (nSPS) is 12.2. The van der Waals surface area contributed by atoms with Gasteiger partial charge in [-0.25, -0.2) is 4.79 Å². The minimum Gasteiger partial charge on any atom is -0.456 e. The van der Waals surface area contributed by atoms with Gasteiger partial charge >= 0.3 is 5.97 Å². The van der Waals surface area contributed by atoms with Gasteiger partial charge in [0.25, 0.3) is 0 Å². The number of rotatable bonds is 4. The van der Waals surface area contributed by atoms with Crippen LogP contribution in [0.5, 0.6) is 0 Å². The van der Waals surface area contributed by atoms with Crippen molar-refractivity contribution in [1.29, 1.82) is 0 Å². The molecule has 1 aromatic carbocycles. The second-order valence-electron chi connectivity index (χ2n) is 9.68. The largest absolute Gasteiger partial charge is 0.456 e. The molecule has 0 bridgehead atoms. The SMILES string of the molecule is Cc1ccc(-c2c(CN)c(CC(C)(C)C)nc(C)c2C(=O)OC(C)(C)C)cc1. The first-order valence-corrected chi connectivity index (χ1v) is 9.85. The number of nitrogens with two attached hydrogens (primary N) is 1. The van der Waals surface area contributed by atoms with Gasteiger partial charge in [0.15, 0.2) is 0 Å². The Bertz CT molecular complexity index is 854. The number of hydrogen-bond acceptors (Lipinski definition) is 4. The Morgan fingerprint density at radius 2 is 1.61 bits per heavy atom. The minimum atomic E-state index is -0.582. The number of aromatic nitrogens is 1. The molecular weight excluding hydrogens is 348 g/mol. The monoisotopic (exact) mass is 382 g/mol. The van der Waals surface area contributed by atoms with Crippen LogP contribution in [0, 0.1) is 19.3 Å². The smallest absolute Gasteiger partial charge is 0.341 e. The second kappa shape index (κ2) is 8.04. The molecule has 28 heavy (non-hydrogen) atoms. The molecule has 0 aliphatic rings. The van der Waals surface area contributed by atoms with Crippen LogP contribution in [-0.2, 0) is 17.7 Å². The van der Waals surface area contributed by atoms with Crippen LogP contribution in [0.25, 0.3) is 11.1 Å². The summed E-state index contributed by atoms with van der Waals surface area (Å²) in [6, 6.07) is 8.18. The lowest BCUT2D eigenvalue weighted by molar-refractivity contribution is 0.00690. The van der Waals surface area contributed by atoms with Gasteiger partial charge in [-0.15, -0.1) is 0 Å². The molecule has 0 radical (unpaired) electrons. The fourth-order valence-electron chi connectivity index (χ4n) is 3.29. The minimum absolute atomic E-state index is 0.0569. The first-order chi connectivity index (χ1) is 12.8. The molecule has 2 aromatic rings. The van der Waals surface area contributed by atoms with Crippen LogP contribution in [0.3, 0.4) is 0 Å². The van der Waals surface area contributed by atoms with Crippen LogP contribution in [0.15, 0.2) is 24.3 Å². The Morgan fingerprint density at radius 1 is 1.04 bits per heavy atom. The number of ether oxygens (including phenoxy) is 1. The van der Waals surface area contributed by atoms with Crippen molar-refractivity contribution < 1.29 is 9.53 Å². The second-order valence-corrected chi connectivity index (χ2v) is 9.68. The summed E-state index contributed by atoms with van der Waals surface area (Å²) in [5, 5.41) is 0. The van der Waals surface area contributed by atoms with E-state index in [1.807, 2.05) is 58.9 Å². The van der Waals surface area contributed by atoms with Crippen LogP contribution < -0.4 is 5.73 Å². The van der Waals surface area contributed by atoms with Gasteiger partial charge in [-0.3, -0.25) is 4.98 Å². The number of hydrogen-bond donors (Lipinski definition) is 1. The Kier molecular flexibility index (Phi) is 6.34. The summed E-state index contributed by atoms with van der Waals surface area (Å²) in [5.74, 6) is -0.356. The average molecular weight is 383 g/mol. The molecule has 0 saturated carbocycles. The Hall–Kier alpha value is -2.20. The third-order valence-electron chi connectivity index (χ3n) is 4.41. The lowest BCUT2D eigenvalue weighted by Gasteiger charge is -2.25. The van der Waals surface area contributed by atoms with E-state index in [1.54, 1.807) is 0 Å². The molecule has 0 aliphatic carbocycles. The molecule has 0 aliphatic heterocycles. The number of pyridine rings is 1. The quantitative estimate of drug-likeness (QED) is 0.722. The van der Waals surface area contributed by atoms with Crippen LogP contribution in [0.1, 0.15) is 74.4 Å². The predicted octanol–water partition coefficient (Wildman–Crippen LogP) is 5.37. The first kappa shape index (κ1) is 22.1. The van der Waals surface area contributed by atoms with Gasteiger partial charge in [-0.1, -0.05) is 50.6 Å². The molecule has 0 amide bonds. The summed E-state index contributed by atoms with van der Waals surface area (Å²) in [6.07, 6.45) is 0.786. The standard InChI is InChI=1S/C24H34N2O2/c1-15-9-11-17(12-10-15)21-18(14-25)19(13-23(3,4)5)26-16(2)20(21)22(27)28-24(6,7)8/h9-12H,13-14,25H2,1-8H3. The zero-order valence-corrected chi connectivity index (χ0v) is 18.6. The summed E-state index contributed by atoms with van der Waals surface area (Å²) in [6.45, 7) is 16.4. The summed E-state index contributed by atoms with van der Waals surface area (Å²) in [7, 11) is 0. The molecule has 1 heterocycles. The lowest BCUT2D eigenvalue weighted by Crippen LogP contribution is -2.26. The highest BCUT2D eigenvalue weighted by Crippen LogP contribution is 2.35. The summed E-state index contributed by atoms with van der Waals surface area (Å²) < 4.78 is 5.71. The van der Waals surface area contributed by atoms with Gasteiger partial charge in [0.05, 0.1) is 11.3 Å². The molecule has 1 aromatic heterocycles. The molecule has 4 nitrogen and oxygen atoms in total. The number of carbonyl (C=O) groups excluding carboxylic acids is 1. The van der Waals surface area contributed by atoms with Gasteiger partial charge in [-0.05, 0) is 57.6 Å². The summed E-state index contributed by atoms with van der Waals surface area (Å²) in [4.78, 5) is 17.9. The van der Waals surface area contributed by atoms with Crippen molar-refractivity contribution in [3.63, 3.8) is 0 Å². The third-order valence-corrected chi connectivity index (χ3v) is 4.41. The number of aryl methyl sites for hydroxylation is 2. The van der Waals surface area contributed by atoms with Crippen LogP contribution in [0.2, 0.25) is 0 Å². The summed E-state index contributed by atoms with van der Waals surface area (Å²) >= 11 is 0. The van der Waals surface area contributed by atoms with Crippen molar-refractivity contribution in [2.24, 2.45) is 11.1 Å². The van der Waals surface area contributed by atoms with Gasteiger partial charge < -0.3 is 10.5 Å². The highest BCUT2D eigenvalue weighted by atomic mass is 16.6. The molecule has 4 heteroatoms. The molecule has 0 fully saturated rings. The third kappa shape index (κ3) is 5.41. The van der Waals surface area contributed by atoms with Crippen LogP contribution in [0.4, 0.5) is 0 Å². The molecule has 0 spiro atoms. The molecule has 152 valence electrons. The number of carbonyl (C=O) groups is 1. The van der Waals surface area contributed by atoms with E-state index in [2.05, 4.69) is 20.8 Å². The van der Waals surface area contributed by atoms with Crippen molar-refractivity contribution in [3.8, 4) is 11.1 Å². The van der Waals surface area contributed by atoms with E-state index in [9.17, 15) is 4.79 Å². The molecule has 0 saturated heterocycles. The maximum atomic E-state index is 13.1. The maximum Gasteiger partial charge on any atom is 0.341 e. The van der Waals surface area contributed by atoms with Crippen molar-refractivity contribution in [3.05, 3.63) is 52.3 Å². The van der Waals surface area contributed by atoms with Gasteiger partial charge in [0.1, 0.15) is 5.60 Å². The van der Waals surface area contributed by atoms with Gasteiger partial charge in [0.2, 0.25) is 0 Å². The summed E-state index contributed by atoms with van der Waals surface area (Å²) in [5.41, 5.74) is 11.7. The van der Waals surface area contributed by atoms with E-state index in [-0.39, 0.29) is 11.4 Å². The van der Waals surface area contributed by atoms with Crippen molar-refractivity contribution >= 4 is 5.97 Å². The Balaban J connectivity index is 2.80. The van der Waals surface area contributed by atoms with E-state index in [4.69, 9.17) is 15.5 Å². The van der Waals surface area contributed by atoms with Crippen molar-refractivity contribution in [1.82, 2.24) is 4.98 Å². The lowest BCUT2D eigenvalue weighted by atomic mass is 9.85.